The minimum atomic E-state index is -4.42. The molecule has 2 N–H and O–H groups in total. The van der Waals surface area contributed by atoms with Gasteiger partial charge in [-0.05, 0) is 55.0 Å². The first kappa shape index (κ1) is 21.3. The van der Waals surface area contributed by atoms with Crippen molar-refractivity contribution in [3.63, 3.8) is 0 Å². The van der Waals surface area contributed by atoms with E-state index in [1.54, 1.807) is 23.1 Å². The van der Waals surface area contributed by atoms with E-state index in [4.69, 9.17) is 10.5 Å². The second kappa shape index (κ2) is 7.77. The molecule has 2 aromatic carbocycles. The van der Waals surface area contributed by atoms with Crippen molar-refractivity contribution in [1.82, 2.24) is 14.3 Å². The maximum atomic E-state index is 13.6. The third-order valence-corrected chi connectivity index (χ3v) is 6.04. The van der Waals surface area contributed by atoms with Crippen LogP contribution in [0.4, 0.5) is 19.0 Å². The monoisotopic (exact) mass is 454 g/mol. The topological polar surface area (TPSA) is 72.9 Å². The SMILES string of the molecule is CC1COCC(c2ccc(C(F)(F)F)cc2)N1C(=O)c1ccc2nc(N)c3cccn3c2c1. The zero-order valence-corrected chi connectivity index (χ0v) is 17.7. The number of carbonyl (C=O) groups is 1. The largest absolute Gasteiger partial charge is 0.416 e. The standard InChI is InChI=1S/C24H21F3N4O2/c1-14-12-33-13-21(15-4-7-17(8-5-15)24(25,26)27)31(14)23(32)16-6-9-18-20(11-16)30-10-2-3-19(30)22(28)29-18/h2-11,14,21H,12-13H2,1H3,(H2,28,29). The van der Waals surface area contributed by atoms with Gasteiger partial charge in [-0.25, -0.2) is 4.98 Å². The molecule has 9 heteroatoms. The van der Waals surface area contributed by atoms with Crippen LogP contribution in [0.2, 0.25) is 0 Å². The van der Waals surface area contributed by atoms with Gasteiger partial charge in [0, 0.05) is 11.8 Å². The highest BCUT2D eigenvalue weighted by Crippen LogP contribution is 2.33. The molecule has 3 heterocycles. The van der Waals surface area contributed by atoms with Crippen molar-refractivity contribution in [2.45, 2.75) is 25.2 Å². The van der Waals surface area contributed by atoms with Crippen molar-refractivity contribution in [3.8, 4) is 0 Å². The molecule has 2 atom stereocenters. The first-order chi connectivity index (χ1) is 15.7. The van der Waals surface area contributed by atoms with Crippen LogP contribution in [-0.4, -0.2) is 39.4 Å². The highest BCUT2D eigenvalue weighted by Gasteiger charge is 2.35. The van der Waals surface area contributed by atoms with E-state index in [-0.39, 0.29) is 18.6 Å². The van der Waals surface area contributed by atoms with Crippen LogP contribution in [0, 0.1) is 0 Å². The van der Waals surface area contributed by atoms with Crippen molar-refractivity contribution in [3.05, 3.63) is 77.5 Å². The van der Waals surface area contributed by atoms with Crippen molar-refractivity contribution in [2.75, 3.05) is 18.9 Å². The molecule has 0 radical (unpaired) electrons. The maximum absolute atomic E-state index is 13.6. The molecule has 1 saturated heterocycles. The molecule has 0 saturated carbocycles. The van der Waals surface area contributed by atoms with Gasteiger partial charge in [-0.3, -0.25) is 4.79 Å². The Hall–Kier alpha value is -3.59. The lowest BCUT2D eigenvalue weighted by molar-refractivity contribution is -0.137. The van der Waals surface area contributed by atoms with Crippen molar-refractivity contribution in [1.29, 1.82) is 0 Å². The van der Waals surface area contributed by atoms with E-state index in [0.717, 1.165) is 23.2 Å². The van der Waals surface area contributed by atoms with Crippen molar-refractivity contribution in [2.24, 2.45) is 0 Å². The number of hydrogen-bond acceptors (Lipinski definition) is 4. The Balaban J connectivity index is 1.53. The summed E-state index contributed by atoms with van der Waals surface area (Å²) in [6.07, 6.45) is -2.57. The van der Waals surface area contributed by atoms with E-state index in [1.807, 2.05) is 29.7 Å². The van der Waals surface area contributed by atoms with Gasteiger partial charge in [-0.15, -0.1) is 0 Å². The predicted octanol–water partition coefficient (Wildman–Crippen LogP) is 4.69. The first-order valence-corrected chi connectivity index (χ1v) is 10.5. The molecule has 170 valence electrons. The van der Waals surface area contributed by atoms with Gasteiger partial charge < -0.3 is 19.8 Å². The fourth-order valence-electron chi connectivity index (χ4n) is 4.39. The zero-order valence-electron chi connectivity index (χ0n) is 17.7. The number of anilines is 1. The average molecular weight is 454 g/mol. The van der Waals surface area contributed by atoms with Gasteiger partial charge in [0.05, 0.1) is 47.4 Å². The Morgan fingerprint density at radius 1 is 1.09 bits per heavy atom. The van der Waals surface area contributed by atoms with E-state index in [2.05, 4.69) is 4.98 Å². The molecule has 6 nitrogen and oxygen atoms in total. The summed E-state index contributed by atoms with van der Waals surface area (Å²) in [5.41, 5.74) is 8.48. The number of nitrogen functional groups attached to an aromatic ring is 1. The average Bonchev–Trinajstić information content (AvgIpc) is 3.29. The lowest BCUT2D eigenvalue weighted by atomic mass is 9.99. The summed E-state index contributed by atoms with van der Waals surface area (Å²) < 4.78 is 46.5. The number of ether oxygens (including phenoxy) is 1. The highest BCUT2D eigenvalue weighted by molar-refractivity contribution is 5.98. The van der Waals surface area contributed by atoms with Crippen molar-refractivity contribution < 1.29 is 22.7 Å². The smallest absolute Gasteiger partial charge is 0.382 e. The molecule has 2 aromatic heterocycles. The van der Waals surface area contributed by atoms with E-state index in [9.17, 15) is 18.0 Å². The van der Waals surface area contributed by atoms with E-state index >= 15 is 0 Å². The molecule has 1 fully saturated rings. The Labute approximate surface area is 187 Å². The number of halogens is 3. The molecule has 0 bridgehead atoms. The van der Waals surface area contributed by atoms with E-state index in [0.29, 0.717) is 29.1 Å². The zero-order chi connectivity index (χ0) is 23.3. The molecule has 0 spiro atoms. The number of hydrogen-bond donors (Lipinski definition) is 1. The summed E-state index contributed by atoms with van der Waals surface area (Å²) in [6, 6.07) is 13.0. The van der Waals surface area contributed by atoms with Crippen molar-refractivity contribution >= 4 is 28.3 Å². The van der Waals surface area contributed by atoms with Crippen LogP contribution in [0.3, 0.4) is 0 Å². The van der Waals surface area contributed by atoms with Crippen LogP contribution in [0.1, 0.15) is 34.5 Å². The molecule has 33 heavy (non-hydrogen) atoms. The second-order valence-corrected chi connectivity index (χ2v) is 8.20. The summed E-state index contributed by atoms with van der Waals surface area (Å²) in [5.74, 6) is 0.172. The van der Waals surface area contributed by atoms with Gasteiger partial charge >= 0.3 is 6.18 Å². The maximum Gasteiger partial charge on any atom is 0.416 e. The first-order valence-electron chi connectivity index (χ1n) is 10.5. The summed E-state index contributed by atoms with van der Waals surface area (Å²) in [5, 5.41) is 0. The third kappa shape index (κ3) is 3.68. The number of alkyl halides is 3. The van der Waals surface area contributed by atoms with Gasteiger partial charge in [0.1, 0.15) is 5.82 Å². The molecular formula is C24H21F3N4O2. The highest BCUT2D eigenvalue weighted by atomic mass is 19.4. The number of aromatic nitrogens is 2. The quantitative estimate of drug-likeness (QED) is 0.477. The number of nitrogens with two attached hydrogens (primary N) is 1. The number of rotatable bonds is 2. The lowest BCUT2D eigenvalue weighted by Gasteiger charge is -2.41. The number of nitrogens with zero attached hydrogens (tertiary/aromatic N) is 3. The van der Waals surface area contributed by atoms with Gasteiger partial charge in [0.25, 0.3) is 5.91 Å². The van der Waals surface area contributed by atoms with Crippen LogP contribution >= 0.6 is 0 Å². The van der Waals surface area contributed by atoms with Gasteiger partial charge in [0.2, 0.25) is 0 Å². The fraction of sp³-hybridized carbons (Fsp3) is 0.250. The van der Waals surface area contributed by atoms with Gasteiger partial charge in [0.15, 0.2) is 0 Å². The summed E-state index contributed by atoms with van der Waals surface area (Å²) in [4.78, 5) is 19.7. The molecular weight excluding hydrogens is 433 g/mol. The Morgan fingerprint density at radius 3 is 2.58 bits per heavy atom. The molecule has 4 aromatic rings. The number of carbonyl (C=O) groups excluding carboxylic acids is 1. The number of amides is 1. The van der Waals surface area contributed by atoms with Crippen LogP contribution in [-0.2, 0) is 10.9 Å². The van der Waals surface area contributed by atoms with Gasteiger partial charge in [-0.1, -0.05) is 12.1 Å². The van der Waals surface area contributed by atoms with Crippen LogP contribution in [0.5, 0.6) is 0 Å². The van der Waals surface area contributed by atoms with Gasteiger partial charge in [-0.2, -0.15) is 13.2 Å². The molecule has 1 aliphatic heterocycles. The number of fused-ring (bicyclic) bond motifs is 3. The molecule has 0 aliphatic carbocycles. The minimum absolute atomic E-state index is 0.203. The van der Waals surface area contributed by atoms with Crippen LogP contribution < -0.4 is 5.73 Å². The Bertz CT molecular complexity index is 1350. The second-order valence-electron chi connectivity index (χ2n) is 8.20. The third-order valence-electron chi connectivity index (χ3n) is 6.04. The minimum Gasteiger partial charge on any atom is -0.382 e. The van der Waals surface area contributed by atoms with Crippen LogP contribution in [0.25, 0.3) is 16.6 Å². The summed E-state index contributed by atoms with van der Waals surface area (Å²) >= 11 is 0. The molecule has 1 aliphatic rings. The lowest BCUT2D eigenvalue weighted by Crippen LogP contribution is -2.49. The summed E-state index contributed by atoms with van der Waals surface area (Å²) in [7, 11) is 0. The molecule has 2 unspecified atom stereocenters. The fourth-order valence-corrected chi connectivity index (χ4v) is 4.39. The number of morpholine rings is 1. The van der Waals surface area contributed by atoms with Crippen LogP contribution in [0.15, 0.2) is 60.8 Å². The number of benzene rings is 2. The van der Waals surface area contributed by atoms with E-state index < -0.39 is 17.8 Å². The molecule has 5 rings (SSSR count). The normalized spacial score (nSPS) is 19.3. The summed E-state index contributed by atoms with van der Waals surface area (Å²) in [6.45, 7) is 2.41. The predicted molar refractivity (Wildman–Crippen MR) is 118 cm³/mol. The Morgan fingerprint density at radius 2 is 1.85 bits per heavy atom. The Kier molecular flexibility index (Phi) is 5.01. The van der Waals surface area contributed by atoms with E-state index in [1.165, 1.54) is 12.1 Å². The molecule has 1 amide bonds.